The zero-order valence-electron chi connectivity index (χ0n) is 9.48. The van der Waals surface area contributed by atoms with Crippen molar-refractivity contribution in [2.75, 3.05) is 24.3 Å². The van der Waals surface area contributed by atoms with E-state index in [1.54, 1.807) is 17.3 Å². The predicted octanol–water partition coefficient (Wildman–Crippen LogP) is 1.14. The SMILES string of the molecule is CC(C)C(=O)Nc1cnc(N(C)C)nc1. The molecule has 0 spiro atoms. The largest absolute Gasteiger partial charge is 0.347 e. The van der Waals surface area contributed by atoms with E-state index >= 15 is 0 Å². The lowest BCUT2D eigenvalue weighted by molar-refractivity contribution is -0.118. The minimum Gasteiger partial charge on any atom is -0.347 e. The van der Waals surface area contributed by atoms with Crippen molar-refractivity contribution in [3.05, 3.63) is 12.4 Å². The monoisotopic (exact) mass is 208 g/mol. The number of nitrogens with zero attached hydrogens (tertiary/aromatic N) is 3. The molecule has 1 heterocycles. The van der Waals surface area contributed by atoms with Gasteiger partial charge in [-0.05, 0) is 0 Å². The molecule has 0 aliphatic carbocycles. The Morgan fingerprint density at radius 1 is 1.33 bits per heavy atom. The average Bonchev–Trinajstić information content (AvgIpc) is 2.18. The molecule has 0 aliphatic heterocycles. The van der Waals surface area contributed by atoms with Crippen molar-refractivity contribution in [2.45, 2.75) is 13.8 Å². The van der Waals surface area contributed by atoms with E-state index in [1.165, 1.54) is 0 Å². The average molecular weight is 208 g/mol. The number of carbonyl (C=O) groups is 1. The number of rotatable bonds is 3. The lowest BCUT2D eigenvalue weighted by Gasteiger charge is -2.11. The molecule has 5 nitrogen and oxygen atoms in total. The van der Waals surface area contributed by atoms with Crippen molar-refractivity contribution in [1.82, 2.24) is 9.97 Å². The van der Waals surface area contributed by atoms with Gasteiger partial charge in [0.2, 0.25) is 11.9 Å². The summed E-state index contributed by atoms with van der Waals surface area (Å²) in [6, 6.07) is 0. The number of aromatic nitrogens is 2. The molecule has 0 aromatic carbocycles. The van der Waals surface area contributed by atoms with Crippen LogP contribution in [0.3, 0.4) is 0 Å². The highest BCUT2D eigenvalue weighted by Crippen LogP contribution is 2.08. The van der Waals surface area contributed by atoms with Gasteiger partial charge in [0.05, 0.1) is 18.1 Å². The fourth-order valence-electron chi connectivity index (χ4n) is 0.903. The first kappa shape index (κ1) is 11.4. The Balaban J connectivity index is 2.69. The molecule has 0 saturated heterocycles. The number of hydrogen-bond acceptors (Lipinski definition) is 4. The molecule has 15 heavy (non-hydrogen) atoms. The van der Waals surface area contributed by atoms with Gasteiger partial charge < -0.3 is 10.2 Å². The van der Waals surface area contributed by atoms with E-state index in [0.717, 1.165) is 0 Å². The van der Waals surface area contributed by atoms with Crippen LogP contribution in [0.15, 0.2) is 12.4 Å². The van der Waals surface area contributed by atoms with Gasteiger partial charge in [-0.25, -0.2) is 9.97 Å². The predicted molar refractivity (Wildman–Crippen MR) is 59.8 cm³/mol. The number of hydrogen-bond donors (Lipinski definition) is 1. The molecule has 82 valence electrons. The maximum absolute atomic E-state index is 11.4. The molecule has 0 aliphatic rings. The van der Waals surface area contributed by atoms with Crippen molar-refractivity contribution in [1.29, 1.82) is 0 Å². The van der Waals surface area contributed by atoms with Gasteiger partial charge >= 0.3 is 0 Å². The molecule has 0 atom stereocenters. The molecular formula is C10H16N4O. The molecule has 0 bridgehead atoms. The van der Waals surface area contributed by atoms with Crippen LogP contribution in [0.25, 0.3) is 0 Å². The van der Waals surface area contributed by atoms with Crippen LogP contribution in [0.4, 0.5) is 11.6 Å². The van der Waals surface area contributed by atoms with Crippen molar-refractivity contribution in [3.8, 4) is 0 Å². The van der Waals surface area contributed by atoms with Crippen LogP contribution < -0.4 is 10.2 Å². The molecule has 1 aromatic heterocycles. The van der Waals surface area contributed by atoms with E-state index in [4.69, 9.17) is 0 Å². The molecule has 1 amide bonds. The Bertz CT molecular complexity index is 332. The van der Waals surface area contributed by atoms with Crippen LogP contribution in [0.1, 0.15) is 13.8 Å². The number of anilines is 2. The quantitative estimate of drug-likeness (QED) is 0.809. The molecule has 1 aromatic rings. The van der Waals surface area contributed by atoms with Gasteiger partial charge in [-0.1, -0.05) is 13.8 Å². The van der Waals surface area contributed by atoms with Crippen LogP contribution in [0.2, 0.25) is 0 Å². The van der Waals surface area contributed by atoms with E-state index < -0.39 is 0 Å². The van der Waals surface area contributed by atoms with Crippen LogP contribution in [-0.2, 0) is 4.79 Å². The van der Waals surface area contributed by atoms with Crippen LogP contribution >= 0.6 is 0 Å². The Kier molecular flexibility index (Phi) is 3.60. The Labute approximate surface area is 89.5 Å². The summed E-state index contributed by atoms with van der Waals surface area (Å²) in [6.07, 6.45) is 3.20. The summed E-state index contributed by atoms with van der Waals surface area (Å²) in [5.41, 5.74) is 0.624. The topological polar surface area (TPSA) is 58.1 Å². The van der Waals surface area contributed by atoms with Gasteiger partial charge in [-0.15, -0.1) is 0 Å². The van der Waals surface area contributed by atoms with Gasteiger partial charge in [0, 0.05) is 20.0 Å². The van der Waals surface area contributed by atoms with Crippen molar-refractivity contribution >= 4 is 17.5 Å². The molecule has 0 radical (unpaired) electrons. The first-order chi connectivity index (χ1) is 7.00. The third-order valence-electron chi connectivity index (χ3n) is 1.83. The van der Waals surface area contributed by atoms with Crippen molar-refractivity contribution in [2.24, 2.45) is 5.92 Å². The van der Waals surface area contributed by atoms with E-state index in [0.29, 0.717) is 11.6 Å². The number of nitrogens with one attached hydrogen (secondary N) is 1. The molecule has 1 rings (SSSR count). The van der Waals surface area contributed by atoms with Gasteiger partial charge in [-0.3, -0.25) is 4.79 Å². The van der Waals surface area contributed by atoms with Crippen LogP contribution in [0.5, 0.6) is 0 Å². The van der Waals surface area contributed by atoms with E-state index in [1.807, 2.05) is 27.9 Å². The smallest absolute Gasteiger partial charge is 0.227 e. The van der Waals surface area contributed by atoms with Crippen LogP contribution in [0, 0.1) is 5.92 Å². The van der Waals surface area contributed by atoms with Gasteiger partial charge in [0.25, 0.3) is 0 Å². The lowest BCUT2D eigenvalue weighted by atomic mass is 10.2. The van der Waals surface area contributed by atoms with E-state index in [2.05, 4.69) is 15.3 Å². The first-order valence-corrected chi connectivity index (χ1v) is 4.81. The summed E-state index contributed by atoms with van der Waals surface area (Å²) in [4.78, 5) is 21.3. The Morgan fingerprint density at radius 2 is 1.87 bits per heavy atom. The molecule has 0 saturated carbocycles. The minimum absolute atomic E-state index is 0.0313. The normalized spacial score (nSPS) is 10.2. The zero-order valence-corrected chi connectivity index (χ0v) is 9.48. The third kappa shape index (κ3) is 3.19. The number of amides is 1. The van der Waals surface area contributed by atoms with Gasteiger partial charge in [0.1, 0.15) is 0 Å². The fourth-order valence-corrected chi connectivity index (χ4v) is 0.903. The second kappa shape index (κ2) is 4.72. The standard InChI is InChI=1S/C10H16N4O/c1-7(2)9(15)13-8-5-11-10(12-6-8)14(3)4/h5-7H,1-4H3,(H,13,15). The zero-order chi connectivity index (χ0) is 11.4. The number of carbonyl (C=O) groups excluding carboxylic acids is 1. The first-order valence-electron chi connectivity index (χ1n) is 4.81. The van der Waals surface area contributed by atoms with Crippen molar-refractivity contribution in [3.63, 3.8) is 0 Å². The van der Waals surface area contributed by atoms with Crippen molar-refractivity contribution < 1.29 is 4.79 Å². The Morgan fingerprint density at radius 3 is 2.27 bits per heavy atom. The second-order valence-electron chi connectivity index (χ2n) is 3.81. The summed E-state index contributed by atoms with van der Waals surface area (Å²) < 4.78 is 0. The summed E-state index contributed by atoms with van der Waals surface area (Å²) in [5.74, 6) is 0.548. The lowest BCUT2D eigenvalue weighted by Crippen LogP contribution is -2.18. The minimum atomic E-state index is -0.0430. The third-order valence-corrected chi connectivity index (χ3v) is 1.83. The highest BCUT2D eigenvalue weighted by molar-refractivity contribution is 5.91. The summed E-state index contributed by atoms with van der Waals surface area (Å²) in [7, 11) is 3.73. The summed E-state index contributed by atoms with van der Waals surface area (Å²) in [6.45, 7) is 3.68. The molecule has 0 unspecified atom stereocenters. The maximum atomic E-state index is 11.4. The van der Waals surface area contributed by atoms with Gasteiger partial charge in [0.15, 0.2) is 0 Å². The summed E-state index contributed by atoms with van der Waals surface area (Å²) >= 11 is 0. The second-order valence-corrected chi connectivity index (χ2v) is 3.81. The highest BCUT2D eigenvalue weighted by Gasteiger charge is 2.07. The molecular weight excluding hydrogens is 192 g/mol. The summed E-state index contributed by atoms with van der Waals surface area (Å²) in [5, 5.41) is 2.73. The molecule has 1 N–H and O–H groups in total. The van der Waals surface area contributed by atoms with Crippen LogP contribution in [-0.4, -0.2) is 30.0 Å². The Hall–Kier alpha value is -1.65. The highest BCUT2D eigenvalue weighted by atomic mass is 16.1. The van der Waals surface area contributed by atoms with E-state index in [9.17, 15) is 4.79 Å². The fraction of sp³-hybridized carbons (Fsp3) is 0.500. The molecule has 0 fully saturated rings. The molecule has 5 heteroatoms. The maximum Gasteiger partial charge on any atom is 0.227 e. The van der Waals surface area contributed by atoms with Gasteiger partial charge in [-0.2, -0.15) is 0 Å². The van der Waals surface area contributed by atoms with E-state index in [-0.39, 0.29) is 11.8 Å².